The van der Waals surface area contributed by atoms with Crippen LogP contribution in [0.25, 0.3) is 22.4 Å². The molecule has 0 aliphatic heterocycles. The summed E-state index contributed by atoms with van der Waals surface area (Å²) in [5.41, 5.74) is 2.98. The molecule has 6 heteroatoms. The second-order valence-corrected chi connectivity index (χ2v) is 7.83. The summed E-state index contributed by atoms with van der Waals surface area (Å²) in [5.74, 6) is 1.02. The Labute approximate surface area is 159 Å². The maximum atomic E-state index is 12.9. The summed E-state index contributed by atoms with van der Waals surface area (Å²) in [6.45, 7) is 4.32. The second-order valence-electron chi connectivity index (χ2n) is 6.39. The molecule has 0 aliphatic carbocycles. The van der Waals surface area contributed by atoms with Gasteiger partial charge in [0.1, 0.15) is 0 Å². The minimum Gasteiger partial charge on any atom is -0.267 e. The first-order valence-corrected chi connectivity index (χ1v) is 9.48. The monoisotopic (exact) mass is 381 g/mol. The number of nitrogens with zero attached hydrogens (tertiary/aromatic N) is 3. The van der Waals surface area contributed by atoms with Crippen molar-refractivity contribution in [1.82, 2.24) is 14.6 Å². The third kappa shape index (κ3) is 3.04. The van der Waals surface area contributed by atoms with Crippen LogP contribution >= 0.6 is 22.9 Å². The van der Waals surface area contributed by atoms with Gasteiger partial charge in [-0.3, -0.25) is 4.79 Å². The maximum Gasteiger partial charge on any atom is 0.276 e. The normalized spacial score (nSPS) is 12.4. The van der Waals surface area contributed by atoms with E-state index in [2.05, 4.69) is 36.2 Å². The quantitative estimate of drug-likeness (QED) is 0.535. The molecule has 0 radical (unpaired) electrons. The van der Waals surface area contributed by atoms with Crippen LogP contribution in [0.15, 0.2) is 53.3 Å². The standard InChI is InChI=1S/C20H16ClN3OS/c1-12(2)14-5-3-13(4-6-14)11-17-19(25)24-18(22-23-20(24)26-17)15-7-9-16(21)10-8-15/h3-12H,1-2H3/b17-11-. The smallest absolute Gasteiger partial charge is 0.267 e. The van der Waals surface area contributed by atoms with Crippen LogP contribution in [-0.2, 0) is 0 Å². The van der Waals surface area contributed by atoms with E-state index in [4.69, 9.17) is 11.6 Å². The lowest BCUT2D eigenvalue weighted by atomic mass is 10.0. The SMILES string of the molecule is CC(C)c1ccc(/C=c2\sc3nnc(-c4ccc(Cl)cc4)n3c2=O)cc1. The summed E-state index contributed by atoms with van der Waals surface area (Å²) < 4.78 is 2.20. The molecule has 0 saturated heterocycles. The summed E-state index contributed by atoms with van der Waals surface area (Å²) >= 11 is 7.28. The van der Waals surface area contributed by atoms with Crippen molar-refractivity contribution in [2.45, 2.75) is 19.8 Å². The predicted octanol–water partition coefficient (Wildman–Crippen LogP) is 4.14. The average molecular weight is 382 g/mol. The van der Waals surface area contributed by atoms with Crippen molar-refractivity contribution in [2.24, 2.45) is 0 Å². The highest BCUT2D eigenvalue weighted by Crippen LogP contribution is 2.20. The molecular weight excluding hydrogens is 366 g/mol. The maximum absolute atomic E-state index is 12.9. The Morgan fingerprint density at radius 1 is 1.04 bits per heavy atom. The topological polar surface area (TPSA) is 47.3 Å². The van der Waals surface area contributed by atoms with Crippen molar-refractivity contribution in [3.05, 3.63) is 79.6 Å². The zero-order valence-corrected chi connectivity index (χ0v) is 15.9. The van der Waals surface area contributed by atoms with E-state index >= 15 is 0 Å². The Morgan fingerprint density at radius 3 is 2.38 bits per heavy atom. The number of hydrogen-bond donors (Lipinski definition) is 0. The predicted molar refractivity (Wildman–Crippen MR) is 107 cm³/mol. The molecule has 0 aliphatic rings. The third-order valence-electron chi connectivity index (χ3n) is 4.25. The molecule has 4 aromatic rings. The van der Waals surface area contributed by atoms with Gasteiger partial charge in [0.05, 0.1) is 4.53 Å². The fourth-order valence-electron chi connectivity index (χ4n) is 2.78. The van der Waals surface area contributed by atoms with Crippen LogP contribution < -0.4 is 10.1 Å². The molecule has 0 amide bonds. The molecular formula is C20H16ClN3OS. The Kier molecular flexibility index (Phi) is 4.34. The number of rotatable bonds is 3. The summed E-state index contributed by atoms with van der Waals surface area (Å²) in [6, 6.07) is 15.5. The number of halogens is 1. The number of thiazole rings is 1. The van der Waals surface area contributed by atoms with Crippen LogP contribution in [0.3, 0.4) is 0 Å². The van der Waals surface area contributed by atoms with E-state index in [1.165, 1.54) is 16.9 Å². The second kappa shape index (κ2) is 6.67. The molecule has 0 unspecified atom stereocenters. The Hall–Kier alpha value is -2.50. The number of fused-ring (bicyclic) bond motifs is 1. The van der Waals surface area contributed by atoms with Gasteiger partial charge in [-0.15, -0.1) is 10.2 Å². The van der Waals surface area contributed by atoms with Crippen molar-refractivity contribution in [3.63, 3.8) is 0 Å². The van der Waals surface area contributed by atoms with Gasteiger partial charge in [0.15, 0.2) is 5.82 Å². The van der Waals surface area contributed by atoms with Crippen LogP contribution in [0.4, 0.5) is 0 Å². The van der Waals surface area contributed by atoms with Crippen molar-refractivity contribution in [3.8, 4) is 11.4 Å². The lowest BCUT2D eigenvalue weighted by molar-refractivity contribution is 0.866. The van der Waals surface area contributed by atoms with Gasteiger partial charge in [-0.1, -0.05) is 61.1 Å². The molecule has 2 aromatic heterocycles. The first-order chi connectivity index (χ1) is 12.5. The van der Waals surface area contributed by atoms with Gasteiger partial charge >= 0.3 is 0 Å². The van der Waals surface area contributed by atoms with Gasteiger partial charge in [-0.25, -0.2) is 4.40 Å². The first kappa shape index (κ1) is 16.9. The zero-order valence-electron chi connectivity index (χ0n) is 14.3. The molecule has 0 spiro atoms. The van der Waals surface area contributed by atoms with Crippen molar-refractivity contribution in [1.29, 1.82) is 0 Å². The molecule has 0 N–H and O–H groups in total. The third-order valence-corrected chi connectivity index (χ3v) is 5.46. The minimum atomic E-state index is -0.104. The van der Waals surface area contributed by atoms with Crippen LogP contribution in [0, 0.1) is 0 Å². The van der Waals surface area contributed by atoms with E-state index in [9.17, 15) is 4.79 Å². The first-order valence-electron chi connectivity index (χ1n) is 8.28. The van der Waals surface area contributed by atoms with Crippen LogP contribution in [0.1, 0.15) is 30.9 Å². The van der Waals surface area contributed by atoms with E-state index in [-0.39, 0.29) is 5.56 Å². The highest BCUT2D eigenvalue weighted by Gasteiger charge is 2.14. The van der Waals surface area contributed by atoms with Gasteiger partial charge in [-0.2, -0.15) is 0 Å². The van der Waals surface area contributed by atoms with Gasteiger partial charge < -0.3 is 0 Å². The van der Waals surface area contributed by atoms with E-state index in [1.54, 1.807) is 16.5 Å². The fraction of sp³-hybridized carbons (Fsp3) is 0.150. The molecule has 0 fully saturated rings. The summed E-state index contributed by atoms with van der Waals surface area (Å²) in [6.07, 6.45) is 1.90. The Morgan fingerprint density at radius 2 is 1.73 bits per heavy atom. The molecule has 4 rings (SSSR count). The zero-order chi connectivity index (χ0) is 18.3. The van der Waals surface area contributed by atoms with Crippen LogP contribution in [0.5, 0.6) is 0 Å². The van der Waals surface area contributed by atoms with Crippen LogP contribution in [-0.4, -0.2) is 14.6 Å². The van der Waals surface area contributed by atoms with Crippen LogP contribution in [0.2, 0.25) is 5.02 Å². The highest BCUT2D eigenvalue weighted by molar-refractivity contribution is 7.15. The summed E-state index contributed by atoms with van der Waals surface area (Å²) in [4.78, 5) is 13.5. The summed E-state index contributed by atoms with van der Waals surface area (Å²) in [7, 11) is 0. The fourth-order valence-corrected chi connectivity index (χ4v) is 3.82. The highest BCUT2D eigenvalue weighted by atomic mass is 35.5. The largest absolute Gasteiger partial charge is 0.276 e. The van der Waals surface area contributed by atoms with Crippen molar-refractivity contribution >= 4 is 34.0 Å². The summed E-state index contributed by atoms with van der Waals surface area (Å²) in [5, 5.41) is 8.96. The molecule has 2 aromatic carbocycles. The molecule has 0 saturated carbocycles. The Bertz CT molecular complexity index is 1170. The number of hydrogen-bond acceptors (Lipinski definition) is 4. The van der Waals surface area contributed by atoms with Gasteiger partial charge in [0.25, 0.3) is 5.56 Å². The molecule has 0 bridgehead atoms. The van der Waals surface area contributed by atoms with E-state index in [0.29, 0.717) is 26.3 Å². The number of aromatic nitrogens is 3. The lowest BCUT2D eigenvalue weighted by Gasteiger charge is -2.04. The van der Waals surface area contributed by atoms with E-state index in [1.807, 2.05) is 30.3 Å². The van der Waals surface area contributed by atoms with Gasteiger partial charge in [0.2, 0.25) is 4.96 Å². The lowest BCUT2D eigenvalue weighted by Crippen LogP contribution is -2.23. The Balaban J connectivity index is 1.81. The molecule has 2 heterocycles. The average Bonchev–Trinajstić information content (AvgIpc) is 3.17. The van der Waals surface area contributed by atoms with Crippen molar-refractivity contribution in [2.75, 3.05) is 0 Å². The van der Waals surface area contributed by atoms with E-state index < -0.39 is 0 Å². The molecule has 0 atom stereocenters. The molecule has 130 valence electrons. The molecule has 4 nitrogen and oxygen atoms in total. The number of benzene rings is 2. The minimum absolute atomic E-state index is 0.104. The van der Waals surface area contributed by atoms with E-state index in [0.717, 1.165) is 11.1 Å². The van der Waals surface area contributed by atoms with Gasteiger partial charge in [0, 0.05) is 10.6 Å². The van der Waals surface area contributed by atoms with Gasteiger partial charge in [-0.05, 0) is 47.4 Å². The molecule has 26 heavy (non-hydrogen) atoms. The van der Waals surface area contributed by atoms with Crippen molar-refractivity contribution < 1.29 is 0 Å².